The monoisotopic (exact) mass is 1310 g/mol. The summed E-state index contributed by atoms with van der Waals surface area (Å²) in [6.45, 7) is 6.83. The van der Waals surface area contributed by atoms with Crippen LogP contribution in [0.4, 0.5) is 46.4 Å². The number of likely N-dealkylation sites (tertiary alicyclic amines) is 2. The fraction of sp³-hybridized carbons (Fsp3) is 0.536. The van der Waals surface area contributed by atoms with Crippen molar-refractivity contribution < 1.29 is 44.0 Å². The fourth-order valence-electron chi connectivity index (χ4n) is 11.7. The lowest BCUT2D eigenvalue weighted by Gasteiger charge is -2.36. The van der Waals surface area contributed by atoms with Crippen molar-refractivity contribution in [2.45, 2.75) is 102 Å². The molecule has 12 rings (SSSR count). The van der Waals surface area contributed by atoms with Crippen molar-refractivity contribution in [2.75, 3.05) is 102 Å². The quantitative estimate of drug-likeness (QED) is 0.0725. The highest BCUT2D eigenvalue weighted by Gasteiger charge is 2.37. The van der Waals surface area contributed by atoms with Crippen LogP contribution in [-0.4, -0.2) is 158 Å². The van der Waals surface area contributed by atoms with E-state index in [2.05, 4.69) is 24.6 Å². The molecule has 2 aromatic carbocycles. The van der Waals surface area contributed by atoms with Gasteiger partial charge in [0.1, 0.15) is 22.6 Å². The van der Waals surface area contributed by atoms with Crippen LogP contribution in [0.2, 0.25) is 15.2 Å². The number of carbonyl (C=O) groups excluding carboxylic acids is 2. The van der Waals surface area contributed by atoms with Crippen molar-refractivity contribution in [2.24, 2.45) is 11.8 Å². The van der Waals surface area contributed by atoms with Gasteiger partial charge in [-0.25, -0.2) is 44.4 Å². The zero-order chi connectivity index (χ0) is 60.3. The molecule has 6 aromatic rings. The number of aromatic nitrogens is 6. The van der Waals surface area contributed by atoms with Gasteiger partial charge in [-0.3, -0.25) is 19.0 Å². The number of fused-ring (bicyclic) bond motifs is 2. The minimum absolute atomic E-state index is 0. The largest absolute Gasteiger partial charge is 0.356 e. The number of hydrogen-bond acceptors (Lipinski definition) is 14. The summed E-state index contributed by atoms with van der Waals surface area (Å²) in [5.41, 5.74) is 2.88. The molecule has 6 aliphatic heterocycles. The first-order valence-corrected chi connectivity index (χ1v) is 33.6. The Morgan fingerprint density at radius 1 is 0.558 bits per heavy atom. The van der Waals surface area contributed by atoms with Crippen molar-refractivity contribution in [1.29, 1.82) is 0 Å². The maximum Gasteiger partial charge on any atom is 0.256 e. The molecule has 86 heavy (non-hydrogen) atoms. The lowest BCUT2D eigenvalue weighted by Crippen LogP contribution is -2.40. The molecule has 0 radical (unpaired) electrons. The summed E-state index contributed by atoms with van der Waals surface area (Å²) in [6.07, 6.45) is 6.53. The standard InChI is InChI=1S/C28H34ClF2N7O3S.C25H28Cl2F2N6O3S.C3H7N.ClH/c1-42(40,41)34-21-9-8-19(29)14-20(21)28(39)37-13-3-2-7-23(37)22-15-25-32-24(35-11-5-12-35)16-26(38(25)33-22)36-10-4-6-18(17-36)27(30)31;1-39(37,38)32-18-8-7-16(26)11-17(18)25(36)34-10-3-2-6-20(34)19-12-22-30-21(27)13-23(35(22)31-19)33-9-4-5-15(14-33)24(28)29;1-2-4-3-1;/h8-9,14-16,18,23,27,34H,2-7,10-13,17H2,1H3;7-8,11-13,15,20,24,32H,2-6,9-10,14H2,1H3;4H,1-3H2;1H/t18-,23+;15-,20+;;/m11../s1. The van der Waals surface area contributed by atoms with Gasteiger partial charge >= 0.3 is 0 Å². The number of alkyl halides is 4. The maximum atomic E-state index is 14.0. The van der Waals surface area contributed by atoms with Gasteiger partial charge in [0.2, 0.25) is 32.9 Å². The molecule has 6 aliphatic rings. The number of nitrogens with zero attached hydrogens (tertiary/aromatic N) is 11. The summed E-state index contributed by atoms with van der Waals surface area (Å²) in [7, 11) is -7.28. The summed E-state index contributed by atoms with van der Waals surface area (Å²) in [4.78, 5) is 46.4. The second-order valence-corrected chi connectivity index (χ2v) is 27.3. The lowest BCUT2D eigenvalue weighted by molar-refractivity contribution is 0.0599. The number of nitrogens with one attached hydrogen (secondary N) is 3. The van der Waals surface area contributed by atoms with E-state index < -0.39 is 50.8 Å². The second kappa shape index (κ2) is 27.8. The molecule has 0 unspecified atom stereocenters. The molecule has 0 bridgehead atoms. The first-order chi connectivity index (χ1) is 40.6. The maximum absolute atomic E-state index is 14.0. The molecule has 20 nitrogen and oxygen atoms in total. The van der Waals surface area contributed by atoms with Crippen LogP contribution in [0.25, 0.3) is 11.3 Å². The molecule has 0 saturated carbocycles. The molecule has 2 amide bonds. The van der Waals surface area contributed by atoms with Gasteiger partial charge in [0.05, 0.1) is 58.5 Å². The number of amides is 2. The van der Waals surface area contributed by atoms with Gasteiger partial charge in [0.25, 0.3) is 11.8 Å². The van der Waals surface area contributed by atoms with Crippen LogP contribution >= 0.6 is 47.2 Å². The number of rotatable bonds is 13. The van der Waals surface area contributed by atoms with Gasteiger partial charge in [-0.2, -0.15) is 19.2 Å². The normalized spacial score (nSPS) is 21.0. The molecule has 6 fully saturated rings. The topological polar surface area (TPSA) is 215 Å². The van der Waals surface area contributed by atoms with Crippen LogP contribution in [0, 0.1) is 11.8 Å². The van der Waals surface area contributed by atoms with Crippen LogP contribution in [0.3, 0.4) is 0 Å². The summed E-state index contributed by atoms with van der Waals surface area (Å²) in [5, 5.41) is 13.6. The van der Waals surface area contributed by atoms with Gasteiger partial charge in [0, 0.05) is 98.5 Å². The summed E-state index contributed by atoms with van der Waals surface area (Å²) in [5.74, 6) is -0.0890. The Morgan fingerprint density at radius 2 is 0.988 bits per heavy atom. The molecule has 10 heterocycles. The molecule has 6 saturated heterocycles. The van der Waals surface area contributed by atoms with E-state index in [1.54, 1.807) is 31.0 Å². The van der Waals surface area contributed by atoms with Crippen LogP contribution in [-0.2, 0) is 20.0 Å². The van der Waals surface area contributed by atoms with E-state index in [1.165, 1.54) is 55.9 Å². The van der Waals surface area contributed by atoms with Gasteiger partial charge in [-0.1, -0.05) is 34.8 Å². The number of piperidine rings is 4. The number of carbonyl (C=O) groups is 2. The number of benzene rings is 2. The molecule has 4 atom stereocenters. The minimum atomic E-state index is -3.64. The summed E-state index contributed by atoms with van der Waals surface area (Å²) >= 11 is 18.7. The fourth-order valence-corrected chi connectivity index (χ4v) is 13.3. The molecule has 0 aliphatic carbocycles. The zero-order valence-electron chi connectivity index (χ0n) is 47.5. The average molecular weight is 1320 g/mol. The number of hydrogen-bond donors (Lipinski definition) is 3. The third kappa shape index (κ3) is 15.4. The zero-order valence-corrected chi connectivity index (χ0v) is 52.3. The van der Waals surface area contributed by atoms with Crippen LogP contribution < -0.4 is 29.5 Å². The Balaban J connectivity index is 0.000000191. The van der Waals surface area contributed by atoms with E-state index in [-0.39, 0.29) is 71.0 Å². The molecular formula is C56H70Cl4F4N14O6S2. The van der Waals surface area contributed by atoms with E-state index in [0.29, 0.717) is 103 Å². The molecule has 3 N–H and O–H groups in total. The van der Waals surface area contributed by atoms with Crippen molar-refractivity contribution in [1.82, 2.24) is 44.3 Å². The molecule has 0 spiro atoms. The van der Waals surface area contributed by atoms with Crippen molar-refractivity contribution in [3.63, 3.8) is 0 Å². The first kappa shape index (κ1) is 64.8. The number of sulfonamides is 2. The Kier molecular flexibility index (Phi) is 21.0. The van der Waals surface area contributed by atoms with Gasteiger partial charge in [0.15, 0.2) is 11.3 Å². The van der Waals surface area contributed by atoms with Crippen LogP contribution in [0.5, 0.6) is 0 Å². The van der Waals surface area contributed by atoms with Crippen LogP contribution in [0.1, 0.15) is 121 Å². The van der Waals surface area contributed by atoms with E-state index in [0.717, 1.165) is 69.3 Å². The molecular weight excluding hydrogens is 1250 g/mol. The van der Waals surface area contributed by atoms with Gasteiger partial charge in [-0.05, 0) is 127 Å². The first-order valence-electron chi connectivity index (χ1n) is 28.7. The van der Waals surface area contributed by atoms with Crippen molar-refractivity contribution in [3.05, 3.63) is 98.4 Å². The highest BCUT2D eigenvalue weighted by Crippen LogP contribution is 2.39. The third-order valence-corrected chi connectivity index (χ3v) is 18.0. The average Bonchev–Trinajstić information content (AvgIpc) is 2.55. The summed E-state index contributed by atoms with van der Waals surface area (Å²) in [6, 6.07) is 15.3. The molecule has 4 aromatic heterocycles. The van der Waals surface area contributed by atoms with Crippen molar-refractivity contribution in [3.8, 4) is 0 Å². The molecule has 30 heteroatoms. The lowest BCUT2D eigenvalue weighted by atomic mass is 9.98. The Bertz CT molecular complexity index is 3630. The van der Waals surface area contributed by atoms with Gasteiger partial charge < -0.3 is 29.8 Å². The Labute approximate surface area is 518 Å². The highest BCUT2D eigenvalue weighted by atomic mass is 35.5. The second-order valence-electron chi connectivity index (χ2n) is 22.5. The SMILES string of the molecule is C1CNC1.CS(=O)(=O)Nc1ccc(Cl)cc1C(=O)N1CCCC[C@H]1c1cc2nc(Cl)cc(N3CCC[C@@H](C(F)F)C3)n2n1.CS(=O)(=O)Nc1ccc(Cl)cc1C(=O)N1CCCC[C@H]1c1cc2nc(N3CCC3)cc(N3CCC[C@@H](C(F)F)C3)n2n1.Cl. The predicted molar refractivity (Wildman–Crippen MR) is 330 cm³/mol. The third-order valence-electron chi connectivity index (χ3n) is 16.2. The van der Waals surface area contributed by atoms with Gasteiger partial charge in [-0.15, -0.1) is 12.4 Å². The Morgan fingerprint density at radius 3 is 1.40 bits per heavy atom. The highest BCUT2D eigenvalue weighted by molar-refractivity contribution is 7.92. The smallest absolute Gasteiger partial charge is 0.256 e. The van der Waals surface area contributed by atoms with Crippen molar-refractivity contribution >= 4 is 119 Å². The van der Waals surface area contributed by atoms with E-state index in [9.17, 15) is 44.0 Å². The van der Waals surface area contributed by atoms with E-state index >= 15 is 0 Å². The van der Waals surface area contributed by atoms with E-state index in [4.69, 9.17) is 50.0 Å². The van der Waals surface area contributed by atoms with Crippen LogP contribution in [0.15, 0.2) is 60.7 Å². The number of halogens is 8. The number of anilines is 5. The Hall–Kier alpha value is -5.64. The molecule has 468 valence electrons. The summed E-state index contributed by atoms with van der Waals surface area (Å²) < 4.78 is 110. The van der Waals surface area contributed by atoms with E-state index in [1.807, 2.05) is 21.9 Å². The minimum Gasteiger partial charge on any atom is -0.356 e. The predicted octanol–water partition coefficient (Wildman–Crippen LogP) is 10.5.